The van der Waals surface area contributed by atoms with Gasteiger partial charge in [-0.25, -0.2) is 4.39 Å². The van der Waals surface area contributed by atoms with Gasteiger partial charge in [0, 0.05) is 24.5 Å². The van der Waals surface area contributed by atoms with E-state index in [0.29, 0.717) is 11.5 Å². The normalized spacial score (nSPS) is 18.1. The van der Waals surface area contributed by atoms with Gasteiger partial charge in [0.15, 0.2) is 5.58 Å². The van der Waals surface area contributed by atoms with Crippen molar-refractivity contribution in [1.82, 2.24) is 10.1 Å². The maximum Gasteiger partial charge on any atom is 0.170 e. The van der Waals surface area contributed by atoms with Gasteiger partial charge >= 0.3 is 0 Å². The van der Waals surface area contributed by atoms with Crippen molar-refractivity contribution in [3.63, 3.8) is 0 Å². The van der Waals surface area contributed by atoms with Crippen LogP contribution in [0.3, 0.4) is 0 Å². The van der Waals surface area contributed by atoms with Crippen LogP contribution in [0.15, 0.2) is 47.0 Å². The first-order chi connectivity index (χ1) is 14.1. The number of nitrogens with zero attached hydrogens (tertiary/aromatic N) is 2. The molecule has 0 saturated carbocycles. The molecular formula is C23H27FN2O3. The first-order valence-corrected chi connectivity index (χ1v) is 10.1. The van der Waals surface area contributed by atoms with Crippen molar-refractivity contribution in [2.45, 2.75) is 37.8 Å². The van der Waals surface area contributed by atoms with Crippen LogP contribution in [0.5, 0.6) is 5.75 Å². The number of likely N-dealkylation sites (tertiary alicyclic amines) is 1. The molecule has 2 heterocycles. The number of hydrogen-bond donors (Lipinski definition) is 0. The van der Waals surface area contributed by atoms with Crippen LogP contribution in [-0.2, 0) is 4.74 Å². The number of piperidine rings is 1. The van der Waals surface area contributed by atoms with E-state index in [4.69, 9.17) is 14.0 Å². The number of benzene rings is 2. The smallest absolute Gasteiger partial charge is 0.170 e. The SMILES string of the molecule is COc1cccc(C([C@H](C)OC)N2CCC(c3noc4cc(F)ccc34)CC2)c1. The summed E-state index contributed by atoms with van der Waals surface area (Å²) < 4.78 is 29.9. The number of methoxy groups -OCH3 is 2. The molecule has 6 heteroatoms. The summed E-state index contributed by atoms with van der Waals surface area (Å²) in [6.45, 7) is 3.96. The largest absolute Gasteiger partial charge is 0.497 e. The molecule has 0 aliphatic carbocycles. The number of halogens is 1. The van der Waals surface area contributed by atoms with Gasteiger partial charge in [-0.15, -0.1) is 0 Å². The second kappa shape index (κ2) is 8.51. The molecule has 29 heavy (non-hydrogen) atoms. The summed E-state index contributed by atoms with van der Waals surface area (Å²) >= 11 is 0. The molecule has 0 N–H and O–H groups in total. The molecule has 0 bridgehead atoms. The highest BCUT2D eigenvalue weighted by Crippen LogP contribution is 2.37. The fraction of sp³-hybridized carbons (Fsp3) is 0.435. The lowest BCUT2D eigenvalue weighted by atomic mass is 9.89. The first-order valence-electron chi connectivity index (χ1n) is 10.1. The van der Waals surface area contributed by atoms with Gasteiger partial charge in [-0.05, 0) is 62.7 Å². The van der Waals surface area contributed by atoms with E-state index in [9.17, 15) is 4.39 Å². The van der Waals surface area contributed by atoms with Gasteiger partial charge in [-0.1, -0.05) is 17.3 Å². The summed E-state index contributed by atoms with van der Waals surface area (Å²) in [7, 11) is 3.44. The van der Waals surface area contributed by atoms with E-state index in [0.717, 1.165) is 42.8 Å². The average Bonchev–Trinajstić information content (AvgIpc) is 3.17. The Bertz CT molecular complexity index is 966. The van der Waals surface area contributed by atoms with Gasteiger partial charge in [0.05, 0.1) is 24.9 Å². The van der Waals surface area contributed by atoms with Crippen LogP contribution < -0.4 is 4.74 Å². The van der Waals surface area contributed by atoms with Gasteiger partial charge in [0.1, 0.15) is 11.6 Å². The van der Waals surface area contributed by atoms with E-state index >= 15 is 0 Å². The van der Waals surface area contributed by atoms with Crippen molar-refractivity contribution in [2.75, 3.05) is 27.3 Å². The number of rotatable bonds is 6. The lowest BCUT2D eigenvalue weighted by Crippen LogP contribution is -2.41. The minimum absolute atomic E-state index is 0.0505. The van der Waals surface area contributed by atoms with E-state index < -0.39 is 0 Å². The molecule has 3 aromatic rings. The van der Waals surface area contributed by atoms with Crippen molar-refractivity contribution in [3.05, 3.63) is 59.5 Å². The van der Waals surface area contributed by atoms with Gasteiger partial charge in [0.2, 0.25) is 0 Å². The van der Waals surface area contributed by atoms with Crippen LogP contribution in [0.4, 0.5) is 4.39 Å². The minimum atomic E-state index is -0.301. The summed E-state index contributed by atoms with van der Waals surface area (Å²) in [4.78, 5) is 2.47. The molecule has 1 unspecified atom stereocenters. The Balaban J connectivity index is 1.53. The number of ether oxygens (including phenoxy) is 2. The zero-order chi connectivity index (χ0) is 20.4. The second-order valence-corrected chi connectivity index (χ2v) is 7.68. The molecule has 2 atom stereocenters. The fourth-order valence-corrected chi connectivity index (χ4v) is 4.41. The molecule has 1 aromatic heterocycles. The molecule has 4 rings (SSSR count). The average molecular weight is 398 g/mol. The molecule has 1 aliphatic rings. The summed E-state index contributed by atoms with van der Waals surface area (Å²) in [5.74, 6) is 0.860. The molecule has 154 valence electrons. The minimum Gasteiger partial charge on any atom is -0.497 e. The Morgan fingerprint density at radius 2 is 1.93 bits per heavy atom. The highest BCUT2D eigenvalue weighted by atomic mass is 19.1. The number of hydrogen-bond acceptors (Lipinski definition) is 5. The van der Waals surface area contributed by atoms with Crippen molar-refractivity contribution in [3.8, 4) is 5.75 Å². The quantitative estimate of drug-likeness (QED) is 0.589. The predicted molar refractivity (Wildman–Crippen MR) is 110 cm³/mol. The van der Waals surface area contributed by atoms with Crippen molar-refractivity contribution in [1.29, 1.82) is 0 Å². The monoisotopic (exact) mass is 398 g/mol. The van der Waals surface area contributed by atoms with Gasteiger partial charge in [-0.3, -0.25) is 4.90 Å². The molecule has 0 spiro atoms. The zero-order valence-corrected chi connectivity index (χ0v) is 17.1. The van der Waals surface area contributed by atoms with Crippen LogP contribution in [0, 0.1) is 5.82 Å². The van der Waals surface area contributed by atoms with E-state index in [1.165, 1.54) is 17.7 Å². The van der Waals surface area contributed by atoms with Crippen molar-refractivity contribution >= 4 is 11.0 Å². The highest BCUT2D eigenvalue weighted by molar-refractivity contribution is 5.79. The number of aromatic nitrogens is 1. The highest BCUT2D eigenvalue weighted by Gasteiger charge is 2.32. The summed E-state index contributed by atoms with van der Waals surface area (Å²) in [5.41, 5.74) is 2.65. The maximum atomic E-state index is 13.4. The topological polar surface area (TPSA) is 47.7 Å². The number of fused-ring (bicyclic) bond motifs is 1. The molecule has 0 amide bonds. The Morgan fingerprint density at radius 3 is 2.66 bits per heavy atom. The molecule has 0 radical (unpaired) electrons. The Labute approximate surface area is 170 Å². The van der Waals surface area contributed by atoms with E-state index in [1.807, 2.05) is 12.1 Å². The Kier molecular flexibility index (Phi) is 5.83. The predicted octanol–water partition coefficient (Wildman–Crippen LogP) is 4.93. The van der Waals surface area contributed by atoms with Crippen LogP contribution in [0.1, 0.15) is 43.0 Å². The standard InChI is InChI=1S/C23H27FN2O3/c1-15(27-2)23(17-5-4-6-19(13-17)28-3)26-11-9-16(10-12-26)22-20-8-7-18(24)14-21(20)29-25-22/h4-8,13-16,23H,9-12H2,1-3H3/t15-,23?/m0/s1. The lowest BCUT2D eigenvalue weighted by Gasteiger charge is -2.39. The molecule has 2 aromatic carbocycles. The lowest BCUT2D eigenvalue weighted by molar-refractivity contribution is 0.0135. The van der Waals surface area contributed by atoms with E-state index in [-0.39, 0.29) is 18.0 Å². The Hall–Kier alpha value is -2.44. The van der Waals surface area contributed by atoms with Crippen LogP contribution in [-0.4, -0.2) is 43.5 Å². The van der Waals surface area contributed by atoms with Crippen LogP contribution >= 0.6 is 0 Å². The third-order valence-electron chi connectivity index (χ3n) is 6.02. The third-order valence-corrected chi connectivity index (χ3v) is 6.02. The zero-order valence-electron chi connectivity index (χ0n) is 17.1. The molecule has 1 aliphatic heterocycles. The van der Waals surface area contributed by atoms with Gasteiger partial charge < -0.3 is 14.0 Å². The van der Waals surface area contributed by atoms with Gasteiger partial charge in [0.25, 0.3) is 0 Å². The van der Waals surface area contributed by atoms with Crippen LogP contribution in [0.2, 0.25) is 0 Å². The second-order valence-electron chi connectivity index (χ2n) is 7.68. The van der Waals surface area contributed by atoms with E-state index in [2.05, 4.69) is 29.1 Å². The van der Waals surface area contributed by atoms with Crippen molar-refractivity contribution < 1.29 is 18.4 Å². The first kappa shape index (κ1) is 19.9. The summed E-state index contributed by atoms with van der Waals surface area (Å²) in [5, 5.41) is 5.18. The molecular weight excluding hydrogens is 371 g/mol. The third kappa shape index (κ3) is 4.00. The van der Waals surface area contributed by atoms with E-state index in [1.54, 1.807) is 20.3 Å². The molecule has 1 fully saturated rings. The van der Waals surface area contributed by atoms with Crippen LogP contribution in [0.25, 0.3) is 11.0 Å². The maximum absolute atomic E-state index is 13.4. The fourth-order valence-electron chi connectivity index (χ4n) is 4.41. The molecule has 5 nitrogen and oxygen atoms in total. The summed E-state index contributed by atoms with van der Waals surface area (Å²) in [6.07, 6.45) is 1.99. The Morgan fingerprint density at radius 1 is 1.14 bits per heavy atom. The van der Waals surface area contributed by atoms with Gasteiger partial charge in [-0.2, -0.15) is 0 Å². The summed E-state index contributed by atoms with van der Waals surface area (Å²) in [6, 6.07) is 13.0. The van der Waals surface area contributed by atoms with Crippen molar-refractivity contribution in [2.24, 2.45) is 0 Å². The molecule has 1 saturated heterocycles.